The lowest BCUT2D eigenvalue weighted by molar-refractivity contribution is -0.147. The summed E-state index contributed by atoms with van der Waals surface area (Å²) in [5, 5.41) is 0.858. The van der Waals surface area contributed by atoms with Gasteiger partial charge in [0.05, 0.1) is 60.2 Å². The number of carbonyl (C=O) groups is 1. The summed E-state index contributed by atoms with van der Waals surface area (Å²) in [5.74, 6) is -0.123. The summed E-state index contributed by atoms with van der Waals surface area (Å²) in [7, 11) is -2.05. The molecule has 4 rings (SSSR count). The van der Waals surface area contributed by atoms with Gasteiger partial charge in [-0.15, -0.1) is 0 Å². The molecule has 3 saturated heterocycles. The summed E-state index contributed by atoms with van der Waals surface area (Å²) in [4.78, 5) is 17.7. The zero-order valence-electron chi connectivity index (χ0n) is 18.8. The number of methoxy groups -OCH3 is 1. The number of fused-ring (bicyclic) bond motifs is 1. The van der Waals surface area contributed by atoms with E-state index in [4.69, 9.17) is 32.7 Å². The molecule has 1 aromatic carbocycles. The van der Waals surface area contributed by atoms with Gasteiger partial charge in [0.1, 0.15) is 0 Å². The second kappa shape index (κ2) is 10.8. The van der Waals surface area contributed by atoms with Gasteiger partial charge >= 0.3 is 0 Å². The lowest BCUT2D eigenvalue weighted by Crippen LogP contribution is -2.72. The largest absolute Gasteiger partial charge is 0.384 e. The molecule has 3 heterocycles. The molecule has 0 aliphatic carbocycles. The Bertz CT molecular complexity index is 957. The summed E-state index contributed by atoms with van der Waals surface area (Å²) >= 11 is 12.2. The number of amides is 1. The fourth-order valence-electron chi connectivity index (χ4n) is 5.22. The molecule has 0 saturated carbocycles. The Morgan fingerprint density at radius 1 is 1.09 bits per heavy atom. The highest BCUT2D eigenvalue weighted by molar-refractivity contribution is 7.89. The van der Waals surface area contributed by atoms with Crippen LogP contribution in [0.4, 0.5) is 0 Å². The van der Waals surface area contributed by atoms with Gasteiger partial charge < -0.3 is 14.4 Å². The molecular formula is C22H31Cl2N3O5S. The Kier molecular flexibility index (Phi) is 8.21. The van der Waals surface area contributed by atoms with Crippen molar-refractivity contribution < 1.29 is 22.7 Å². The molecular weight excluding hydrogens is 489 g/mol. The van der Waals surface area contributed by atoms with Crippen molar-refractivity contribution in [3.63, 3.8) is 0 Å². The zero-order chi connectivity index (χ0) is 23.6. The molecule has 8 nitrogen and oxygen atoms in total. The van der Waals surface area contributed by atoms with Gasteiger partial charge in [0.25, 0.3) is 0 Å². The van der Waals surface area contributed by atoms with Crippen LogP contribution in [0.3, 0.4) is 0 Å². The molecule has 0 spiro atoms. The Balaban J connectivity index is 1.61. The molecule has 3 fully saturated rings. The van der Waals surface area contributed by atoms with Gasteiger partial charge in [-0.05, 0) is 43.6 Å². The van der Waals surface area contributed by atoms with Crippen molar-refractivity contribution in [3.8, 4) is 0 Å². The highest BCUT2D eigenvalue weighted by Crippen LogP contribution is 2.32. The van der Waals surface area contributed by atoms with Crippen LogP contribution in [0.25, 0.3) is 0 Å². The SMILES string of the molecule is COCCS(=O)(=O)N1CCN(C(=O)Cc2ccc(Cl)c(Cl)c2)[C@H]2[C@H]1COC[C@@H]2N1CCCC1. The number of hydrogen-bond donors (Lipinski definition) is 0. The van der Waals surface area contributed by atoms with Crippen LogP contribution in [0.2, 0.25) is 10.0 Å². The second-order valence-corrected chi connectivity index (χ2v) is 11.7. The van der Waals surface area contributed by atoms with Gasteiger partial charge in [0, 0.05) is 20.2 Å². The standard InChI is InChI=1S/C22H31Cl2N3O5S/c1-31-10-11-33(29,30)27-9-8-26(21(28)13-16-4-5-17(23)18(24)12-16)22-19(14-32-15-20(22)27)25-6-2-3-7-25/h4-5,12,19-20,22H,2-3,6-11,13-15H2,1H3/t19-,20+,22+/m0/s1. The number of hydrogen-bond acceptors (Lipinski definition) is 6. The van der Waals surface area contributed by atoms with E-state index in [1.807, 2.05) is 4.90 Å². The summed E-state index contributed by atoms with van der Waals surface area (Å²) in [5.41, 5.74) is 0.783. The fourth-order valence-corrected chi connectivity index (χ4v) is 7.11. The molecule has 33 heavy (non-hydrogen) atoms. The third-order valence-electron chi connectivity index (χ3n) is 6.83. The van der Waals surface area contributed by atoms with Crippen LogP contribution in [0.5, 0.6) is 0 Å². The first-order valence-electron chi connectivity index (χ1n) is 11.4. The summed E-state index contributed by atoms with van der Waals surface area (Å²) in [6, 6.07) is 4.49. The van der Waals surface area contributed by atoms with Crippen molar-refractivity contribution in [1.82, 2.24) is 14.1 Å². The fraction of sp³-hybridized carbons (Fsp3) is 0.682. The molecule has 3 atom stereocenters. The molecule has 3 aliphatic heterocycles. The van der Waals surface area contributed by atoms with Gasteiger partial charge in [0.15, 0.2) is 0 Å². The minimum Gasteiger partial charge on any atom is -0.384 e. The van der Waals surface area contributed by atoms with Crippen LogP contribution in [0.1, 0.15) is 18.4 Å². The summed E-state index contributed by atoms with van der Waals surface area (Å²) in [6.45, 7) is 3.35. The van der Waals surface area contributed by atoms with Crippen molar-refractivity contribution in [2.45, 2.75) is 37.4 Å². The number of sulfonamides is 1. The van der Waals surface area contributed by atoms with Crippen LogP contribution in [-0.2, 0) is 30.7 Å². The van der Waals surface area contributed by atoms with Crippen molar-refractivity contribution in [1.29, 1.82) is 0 Å². The molecule has 0 bridgehead atoms. The first-order chi connectivity index (χ1) is 15.8. The van der Waals surface area contributed by atoms with E-state index in [-0.39, 0.29) is 49.9 Å². The molecule has 184 valence electrons. The van der Waals surface area contributed by atoms with Crippen LogP contribution in [-0.4, -0.2) is 105 Å². The number of piperazine rings is 1. The Labute approximate surface area is 205 Å². The van der Waals surface area contributed by atoms with Gasteiger partial charge in [-0.1, -0.05) is 29.3 Å². The molecule has 3 aliphatic rings. The second-order valence-electron chi connectivity index (χ2n) is 8.84. The number of nitrogens with zero attached hydrogens (tertiary/aromatic N) is 3. The molecule has 0 aromatic heterocycles. The highest BCUT2D eigenvalue weighted by atomic mass is 35.5. The number of carbonyl (C=O) groups excluding carboxylic acids is 1. The molecule has 0 unspecified atom stereocenters. The number of benzene rings is 1. The predicted octanol–water partition coefficient (Wildman–Crippen LogP) is 1.89. The lowest BCUT2D eigenvalue weighted by Gasteiger charge is -2.53. The van der Waals surface area contributed by atoms with Crippen molar-refractivity contribution >= 4 is 39.1 Å². The van der Waals surface area contributed by atoms with Gasteiger partial charge in [-0.2, -0.15) is 4.31 Å². The maximum Gasteiger partial charge on any atom is 0.227 e. The van der Waals surface area contributed by atoms with E-state index in [1.165, 1.54) is 7.11 Å². The number of halogens is 2. The Morgan fingerprint density at radius 2 is 1.82 bits per heavy atom. The van der Waals surface area contributed by atoms with Crippen molar-refractivity contribution in [2.75, 3.05) is 58.9 Å². The summed E-state index contributed by atoms with van der Waals surface area (Å²) in [6.07, 6.45) is 2.38. The first-order valence-corrected chi connectivity index (χ1v) is 13.7. The number of ether oxygens (including phenoxy) is 2. The lowest BCUT2D eigenvalue weighted by atomic mass is 9.92. The number of likely N-dealkylation sites (tertiary alicyclic amines) is 1. The average Bonchev–Trinajstić information content (AvgIpc) is 3.33. The van der Waals surface area contributed by atoms with E-state index in [0.29, 0.717) is 23.2 Å². The van der Waals surface area contributed by atoms with Crippen LogP contribution < -0.4 is 0 Å². The third kappa shape index (κ3) is 5.50. The van der Waals surface area contributed by atoms with Crippen molar-refractivity contribution in [2.24, 2.45) is 0 Å². The average molecular weight is 520 g/mol. The predicted molar refractivity (Wildman–Crippen MR) is 127 cm³/mol. The van der Waals surface area contributed by atoms with Gasteiger partial charge in [0.2, 0.25) is 15.9 Å². The maximum atomic E-state index is 13.5. The van der Waals surface area contributed by atoms with E-state index < -0.39 is 16.1 Å². The Morgan fingerprint density at radius 3 is 2.52 bits per heavy atom. The van der Waals surface area contributed by atoms with Crippen LogP contribution in [0, 0.1) is 0 Å². The third-order valence-corrected chi connectivity index (χ3v) is 9.42. The zero-order valence-corrected chi connectivity index (χ0v) is 21.1. The van der Waals surface area contributed by atoms with Crippen molar-refractivity contribution in [3.05, 3.63) is 33.8 Å². The minimum absolute atomic E-state index is 0.0376. The quantitative estimate of drug-likeness (QED) is 0.547. The molecule has 1 amide bonds. The van der Waals surface area contributed by atoms with E-state index in [0.717, 1.165) is 31.5 Å². The monoisotopic (exact) mass is 519 g/mol. The molecule has 0 radical (unpaired) electrons. The van der Waals surface area contributed by atoms with Crippen LogP contribution >= 0.6 is 23.2 Å². The summed E-state index contributed by atoms with van der Waals surface area (Å²) < 4.78 is 38.7. The number of rotatable bonds is 7. The normalized spacial score (nSPS) is 27.0. The first kappa shape index (κ1) is 25.2. The van der Waals surface area contributed by atoms with E-state index in [1.54, 1.807) is 22.5 Å². The van der Waals surface area contributed by atoms with Gasteiger partial charge in [-0.25, -0.2) is 8.42 Å². The molecule has 0 N–H and O–H groups in total. The highest BCUT2D eigenvalue weighted by Gasteiger charge is 2.50. The van der Waals surface area contributed by atoms with E-state index in [2.05, 4.69) is 4.90 Å². The Hall–Kier alpha value is -0.940. The van der Waals surface area contributed by atoms with E-state index in [9.17, 15) is 13.2 Å². The molecule has 11 heteroatoms. The minimum atomic E-state index is -3.54. The van der Waals surface area contributed by atoms with E-state index >= 15 is 0 Å². The smallest absolute Gasteiger partial charge is 0.227 e. The maximum absolute atomic E-state index is 13.5. The van der Waals surface area contributed by atoms with Crippen LogP contribution in [0.15, 0.2) is 18.2 Å². The molecule has 1 aromatic rings. The topological polar surface area (TPSA) is 79.4 Å². The van der Waals surface area contributed by atoms with Gasteiger partial charge in [-0.3, -0.25) is 9.69 Å².